The van der Waals surface area contributed by atoms with Gasteiger partial charge in [-0.05, 0) is 17.5 Å². The minimum absolute atomic E-state index is 0. The zero-order valence-corrected chi connectivity index (χ0v) is 12.2. The van der Waals surface area contributed by atoms with Crippen LogP contribution >= 0.6 is 11.8 Å². The van der Waals surface area contributed by atoms with Crippen molar-refractivity contribution in [3.8, 4) is 0 Å². The number of hydrogen-bond acceptors (Lipinski definition) is 1. The Morgan fingerprint density at radius 1 is 1.16 bits per heavy atom. The van der Waals surface area contributed by atoms with Crippen LogP contribution in [0.1, 0.15) is 22.8 Å². The second kappa shape index (κ2) is 17.1. The standard InChI is InChI=1S/C11H12S.3CO.Cr/c1-2-5-11-10-7-4-3-6-9(10)8-12-11;3*1-2;/h2-4,6-7,11H,1,5,8H2;;;;/t11-;;;;/m0..../s1. The Balaban J connectivity index is -0.000000325. The second-order valence-corrected chi connectivity index (χ2v) is 4.21. The van der Waals surface area contributed by atoms with Crippen molar-refractivity contribution in [2.45, 2.75) is 17.4 Å². The molecule has 0 N–H and O–H groups in total. The van der Waals surface area contributed by atoms with E-state index in [1.165, 1.54) is 16.9 Å². The van der Waals surface area contributed by atoms with Crippen LogP contribution in [0.3, 0.4) is 0 Å². The van der Waals surface area contributed by atoms with Gasteiger partial charge in [-0.2, -0.15) is 0 Å². The van der Waals surface area contributed by atoms with E-state index >= 15 is 0 Å². The van der Waals surface area contributed by atoms with Gasteiger partial charge in [-0.25, -0.2) is 0 Å². The van der Waals surface area contributed by atoms with Crippen LogP contribution < -0.4 is 0 Å². The van der Waals surface area contributed by atoms with Crippen LogP contribution in [0.15, 0.2) is 36.9 Å². The molecular formula is C14H12CrO3S. The molecule has 1 aliphatic heterocycles. The zero-order valence-electron chi connectivity index (χ0n) is 10.1. The number of rotatable bonds is 2. The smallest absolute Gasteiger partial charge is 0 e. The molecule has 0 bridgehead atoms. The van der Waals surface area contributed by atoms with Gasteiger partial charge in [0, 0.05) is 28.4 Å². The molecule has 19 heavy (non-hydrogen) atoms. The van der Waals surface area contributed by atoms with Gasteiger partial charge in [0.2, 0.25) is 0 Å². The fraction of sp³-hybridized carbons (Fsp3) is 0.214. The number of hydrogen-bond donors (Lipinski definition) is 0. The molecule has 0 spiro atoms. The first-order valence-electron chi connectivity index (χ1n) is 4.83. The van der Waals surface area contributed by atoms with Crippen molar-refractivity contribution in [3.63, 3.8) is 0 Å². The molecule has 1 aromatic carbocycles. The Hall–Kier alpha value is -0.938. The third-order valence-electron chi connectivity index (χ3n) is 2.22. The van der Waals surface area contributed by atoms with Crippen LogP contribution in [0.5, 0.6) is 0 Å². The van der Waals surface area contributed by atoms with Crippen molar-refractivity contribution in [3.05, 3.63) is 68.0 Å². The Morgan fingerprint density at radius 2 is 1.68 bits per heavy atom. The van der Waals surface area contributed by atoms with Crippen molar-refractivity contribution in [2.75, 3.05) is 0 Å². The Bertz CT molecular complexity index is 398. The van der Waals surface area contributed by atoms with Crippen molar-refractivity contribution in [2.24, 2.45) is 0 Å². The van der Waals surface area contributed by atoms with Gasteiger partial charge in [0.1, 0.15) is 0 Å². The molecule has 0 saturated heterocycles. The van der Waals surface area contributed by atoms with Gasteiger partial charge in [0.25, 0.3) is 0 Å². The fourth-order valence-corrected chi connectivity index (χ4v) is 2.93. The predicted octanol–water partition coefficient (Wildman–Crippen LogP) is 3.44. The van der Waals surface area contributed by atoms with E-state index in [4.69, 9.17) is 14.0 Å². The summed E-state index contributed by atoms with van der Waals surface area (Å²) in [5, 5.41) is 0.665. The number of fused-ring (bicyclic) bond motifs is 1. The monoisotopic (exact) mass is 312 g/mol. The fourth-order valence-electron chi connectivity index (χ4n) is 1.61. The van der Waals surface area contributed by atoms with E-state index in [9.17, 15) is 0 Å². The largest absolute Gasteiger partial charge is 0 e. The first-order valence-corrected chi connectivity index (χ1v) is 5.88. The molecule has 0 aromatic heterocycles. The minimum Gasteiger partial charge on any atom is 0 e. The normalized spacial score (nSPS) is 13.3. The van der Waals surface area contributed by atoms with Crippen LogP contribution in [-0.4, -0.2) is 0 Å². The number of benzene rings is 1. The summed E-state index contributed by atoms with van der Waals surface area (Å²) in [7, 11) is 0. The molecule has 3 nitrogen and oxygen atoms in total. The molecule has 1 atom stereocenters. The van der Waals surface area contributed by atoms with Crippen LogP contribution in [-0.2, 0) is 37.1 Å². The van der Waals surface area contributed by atoms with Crippen molar-refractivity contribution in [1.29, 1.82) is 0 Å². The SMILES string of the molecule is C=CC[C@@H]1SCc2ccccc21.[C-]#[O+].[C-]#[O+].[C-]#[O+].[Cr]. The summed E-state index contributed by atoms with van der Waals surface area (Å²) in [6, 6.07) is 8.71. The molecule has 1 heterocycles. The summed E-state index contributed by atoms with van der Waals surface area (Å²) in [5.74, 6) is 1.18. The maximum Gasteiger partial charge on any atom is 0 e. The van der Waals surface area contributed by atoms with E-state index in [1.54, 1.807) is 0 Å². The van der Waals surface area contributed by atoms with Gasteiger partial charge >= 0.3 is 33.9 Å². The minimum atomic E-state index is 0. The van der Waals surface area contributed by atoms with Crippen molar-refractivity contribution >= 4 is 11.8 Å². The third-order valence-corrected chi connectivity index (χ3v) is 3.55. The zero-order chi connectivity index (χ0) is 14.4. The summed E-state index contributed by atoms with van der Waals surface area (Å²) >= 11 is 2.02. The topological polar surface area (TPSA) is 59.7 Å². The van der Waals surface area contributed by atoms with Crippen LogP contribution in [0.25, 0.3) is 0 Å². The molecule has 1 aliphatic rings. The maximum absolute atomic E-state index is 7.50. The van der Waals surface area contributed by atoms with Gasteiger partial charge < -0.3 is 0 Å². The van der Waals surface area contributed by atoms with Gasteiger partial charge in [0.15, 0.2) is 0 Å². The molecule has 2 rings (SSSR count). The molecule has 0 unspecified atom stereocenters. The molecule has 5 heteroatoms. The third kappa shape index (κ3) is 7.95. The number of allylic oxidation sites excluding steroid dienone is 1. The summed E-state index contributed by atoms with van der Waals surface area (Å²) in [6.45, 7) is 17.3. The Labute approximate surface area is 128 Å². The van der Waals surface area contributed by atoms with Gasteiger partial charge in [0.05, 0.1) is 0 Å². The van der Waals surface area contributed by atoms with Gasteiger partial charge in [-0.1, -0.05) is 30.3 Å². The van der Waals surface area contributed by atoms with Crippen LogP contribution in [0, 0.1) is 20.0 Å². The van der Waals surface area contributed by atoms with E-state index in [2.05, 4.69) is 50.8 Å². The average molecular weight is 312 g/mol. The molecule has 0 fully saturated rings. The average Bonchev–Trinajstić information content (AvgIpc) is 2.89. The number of thioether (sulfide) groups is 1. The van der Waals surface area contributed by atoms with E-state index in [0.29, 0.717) is 5.25 Å². The van der Waals surface area contributed by atoms with E-state index in [-0.39, 0.29) is 17.4 Å². The summed E-state index contributed by atoms with van der Waals surface area (Å²) in [5.41, 5.74) is 3.02. The van der Waals surface area contributed by atoms with E-state index in [1.807, 2.05) is 17.8 Å². The molecule has 0 radical (unpaired) electrons. The van der Waals surface area contributed by atoms with Gasteiger partial charge in [-0.15, -0.1) is 18.3 Å². The molecule has 0 aliphatic carbocycles. The molecule has 1 aromatic rings. The molecular weight excluding hydrogens is 300 g/mol. The Morgan fingerprint density at radius 3 is 2.21 bits per heavy atom. The maximum atomic E-state index is 7.50. The molecule has 0 saturated carbocycles. The summed E-state index contributed by atoms with van der Waals surface area (Å²) < 4.78 is 22.5. The second-order valence-electron chi connectivity index (χ2n) is 3.02. The molecule has 0 amide bonds. The van der Waals surface area contributed by atoms with E-state index in [0.717, 1.165) is 6.42 Å². The summed E-state index contributed by atoms with van der Waals surface area (Å²) in [6.07, 6.45) is 3.11. The Kier molecular flexibility index (Phi) is 20.8. The first-order chi connectivity index (χ1) is 8.92. The quantitative estimate of drug-likeness (QED) is 0.469. The predicted molar refractivity (Wildman–Crippen MR) is 67.1 cm³/mol. The van der Waals surface area contributed by atoms with E-state index < -0.39 is 0 Å². The van der Waals surface area contributed by atoms with Crippen molar-refractivity contribution < 1.29 is 31.3 Å². The van der Waals surface area contributed by atoms with Crippen molar-refractivity contribution in [1.82, 2.24) is 0 Å². The molecule has 98 valence electrons. The van der Waals surface area contributed by atoms with Crippen LogP contribution in [0.4, 0.5) is 0 Å². The first kappa shape index (κ1) is 23.2. The van der Waals surface area contributed by atoms with Gasteiger partial charge in [-0.3, -0.25) is 0 Å². The summed E-state index contributed by atoms with van der Waals surface area (Å²) in [4.78, 5) is 0. The van der Waals surface area contributed by atoms with Crippen LogP contribution in [0.2, 0.25) is 0 Å².